The molecule has 0 amide bonds. The Balaban J connectivity index is 1.45. The number of H-pyrrole nitrogens is 1. The molecule has 1 aliphatic rings. The summed E-state index contributed by atoms with van der Waals surface area (Å²) < 4.78 is 4.05. The number of hydrogen-bond donors (Lipinski definition) is 1. The summed E-state index contributed by atoms with van der Waals surface area (Å²) in [5.74, 6) is 1.66. The van der Waals surface area contributed by atoms with Crippen molar-refractivity contribution in [3.05, 3.63) is 70.7 Å². The van der Waals surface area contributed by atoms with Gasteiger partial charge in [-0.1, -0.05) is 76.8 Å². The van der Waals surface area contributed by atoms with Gasteiger partial charge in [-0.15, -0.1) is 10.2 Å². The van der Waals surface area contributed by atoms with Crippen LogP contribution in [-0.4, -0.2) is 34.7 Å². The van der Waals surface area contributed by atoms with Gasteiger partial charge in [-0.2, -0.15) is 5.21 Å². The maximum atomic E-state index is 13.9. The largest absolute Gasteiger partial charge is 0.328 e. The Labute approximate surface area is 224 Å². The Hall–Kier alpha value is -3.55. The van der Waals surface area contributed by atoms with Crippen LogP contribution in [0.5, 0.6) is 0 Å². The first-order valence-corrected chi connectivity index (χ1v) is 14.2. The minimum absolute atomic E-state index is 0.113. The molecule has 0 spiro atoms. The van der Waals surface area contributed by atoms with Gasteiger partial charge in [0.05, 0.1) is 12.2 Å². The maximum absolute atomic E-state index is 13.9. The highest BCUT2D eigenvalue weighted by molar-refractivity contribution is 5.79. The van der Waals surface area contributed by atoms with Crippen molar-refractivity contribution in [2.75, 3.05) is 0 Å². The molecule has 8 nitrogen and oxygen atoms in total. The molecule has 0 bridgehead atoms. The third kappa shape index (κ3) is 5.49. The second-order valence-corrected chi connectivity index (χ2v) is 10.9. The number of nitrogens with zero attached hydrogens (tertiary/aromatic N) is 6. The number of tetrazole rings is 1. The number of aromatic nitrogens is 7. The van der Waals surface area contributed by atoms with Gasteiger partial charge in [0.25, 0.3) is 0 Å². The Morgan fingerprint density at radius 2 is 1.87 bits per heavy atom. The zero-order valence-electron chi connectivity index (χ0n) is 22.8. The maximum Gasteiger partial charge on any atom is 0.328 e. The topological polar surface area (TPSA) is 94.3 Å². The summed E-state index contributed by atoms with van der Waals surface area (Å²) >= 11 is 0. The van der Waals surface area contributed by atoms with Crippen LogP contribution >= 0.6 is 0 Å². The van der Waals surface area contributed by atoms with Gasteiger partial charge in [0.2, 0.25) is 5.82 Å². The van der Waals surface area contributed by atoms with Gasteiger partial charge in [0.15, 0.2) is 0 Å². The van der Waals surface area contributed by atoms with Gasteiger partial charge < -0.3 is 0 Å². The van der Waals surface area contributed by atoms with E-state index in [-0.39, 0.29) is 11.7 Å². The molecule has 5 rings (SSSR count). The van der Waals surface area contributed by atoms with E-state index in [1.54, 1.807) is 0 Å². The normalized spacial score (nSPS) is 18.1. The highest BCUT2D eigenvalue weighted by atomic mass is 16.1. The van der Waals surface area contributed by atoms with Gasteiger partial charge in [-0.05, 0) is 54.4 Å². The number of aromatic amines is 1. The minimum atomic E-state index is 0.113. The molecule has 1 aromatic carbocycles. The summed E-state index contributed by atoms with van der Waals surface area (Å²) in [5, 5.41) is 14.5. The standard InChI is InChI=1S/C30H39N7O/c1-4-5-11-24-20-37(28-15-8-6-7-12-25(28)21(2)3)30(38)36(24)19-23-17-16-22(18-31-23)26-13-9-10-14-27(26)29-32-34-35-33-29/h9-10,13-14,16-18,20-21,25,28H,4-8,11-12,15,19H2,1-3H3,(H,32,33,34,35). The summed E-state index contributed by atoms with van der Waals surface area (Å²) in [7, 11) is 0. The first kappa shape index (κ1) is 26.1. The summed E-state index contributed by atoms with van der Waals surface area (Å²) in [6.45, 7) is 7.31. The fourth-order valence-electron chi connectivity index (χ4n) is 6.00. The molecule has 1 aliphatic carbocycles. The van der Waals surface area contributed by atoms with E-state index in [1.807, 2.05) is 41.1 Å². The highest BCUT2D eigenvalue weighted by Gasteiger charge is 2.30. The number of unbranched alkanes of at least 4 members (excludes halogenated alkanes) is 1. The molecule has 3 aromatic heterocycles. The number of imidazole rings is 1. The first-order valence-electron chi connectivity index (χ1n) is 14.2. The molecule has 3 heterocycles. The van der Waals surface area contributed by atoms with Crippen LogP contribution in [0.4, 0.5) is 0 Å². The second kappa shape index (κ2) is 11.9. The van der Waals surface area contributed by atoms with Crippen LogP contribution in [-0.2, 0) is 13.0 Å². The van der Waals surface area contributed by atoms with Gasteiger partial charge in [-0.3, -0.25) is 14.1 Å². The lowest BCUT2D eigenvalue weighted by Crippen LogP contribution is -2.33. The van der Waals surface area contributed by atoms with Crippen molar-refractivity contribution >= 4 is 0 Å². The number of nitrogens with one attached hydrogen (secondary N) is 1. The van der Waals surface area contributed by atoms with Gasteiger partial charge in [0, 0.05) is 35.3 Å². The average molecular weight is 514 g/mol. The Bertz CT molecular complexity index is 1370. The van der Waals surface area contributed by atoms with Crippen LogP contribution in [0.25, 0.3) is 22.5 Å². The fraction of sp³-hybridized carbons (Fsp3) is 0.500. The van der Waals surface area contributed by atoms with E-state index < -0.39 is 0 Å². The van der Waals surface area contributed by atoms with Crippen LogP contribution in [0, 0.1) is 11.8 Å². The van der Waals surface area contributed by atoms with Crippen LogP contribution in [0.1, 0.15) is 83.1 Å². The monoisotopic (exact) mass is 513 g/mol. The van der Waals surface area contributed by atoms with Gasteiger partial charge >= 0.3 is 5.69 Å². The van der Waals surface area contributed by atoms with Crippen molar-refractivity contribution in [2.24, 2.45) is 11.8 Å². The third-order valence-electron chi connectivity index (χ3n) is 8.09. The zero-order valence-corrected chi connectivity index (χ0v) is 22.8. The Morgan fingerprint density at radius 3 is 2.58 bits per heavy atom. The van der Waals surface area contributed by atoms with Crippen molar-refractivity contribution in [2.45, 2.75) is 84.7 Å². The Kier molecular flexibility index (Phi) is 8.15. The fourth-order valence-corrected chi connectivity index (χ4v) is 6.00. The van der Waals surface area contributed by atoms with Crippen LogP contribution in [0.3, 0.4) is 0 Å². The molecular formula is C30H39N7O. The smallest absolute Gasteiger partial charge is 0.296 e. The number of hydrogen-bond acceptors (Lipinski definition) is 5. The summed E-state index contributed by atoms with van der Waals surface area (Å²) in [6, 6.07) is 12.3. The quantitative estimate of drug-likeness (QED) is 0.275. The van der Waals surface area contributed by atoms with Crippen LogP contribution < -0.4 is 5.69 Å². The molecule has 0 saturated heterocycles. The van der Waals surface area contributed by atoms with Crippen LogP contribution in [0.15, 0.2) is 53.6 Å². The molecule has 200 valence electrons. The van der Waals surface area contributed by atoms with E-state index in [0.29, 0.717) is 24.2 Å². The molecule has 2 unspecified atom stereocenters. The number of pyridine rings is 1. The molecule has 0 aliphatic heterocycles. The zero-order chi connectivity index (χ0) is 26.5. The molecule has 1 saturated carbocycles. The Morgan fingerprint density at radius 1 is 1.05 bits per heavy atom. The molecule has 8 heteroatoms. The van der Waals surface area contributed by atoms with E-state index >= 15 is 0 Å². The molecule has 2 atom stereocenters. The molecule has 1 N–H and O–H groups in total. The number of aryl methyl sites for hydroxylation is 1. The minimum Gasteiger partial charge on any atom is -0.296 e. The van der Waals surface area contributed by atoms with E-state index in [9.17, 15) is 4.79 Å². The predicted molar refractivity (Wildman–Crippen MR) is 150 cm³/mol. The van der Waals surface area contributed by atoms with Crippen molar-refractivity contribution in [1.82, 2.24) is 34.7 Å². The molecule has 4 aromatic rings. The number of rotatable bonds is 9. The lowest BCUT2D eigenvalue weighted by atomic mass is 9.84. The van der Waals surface area contributed by atoms with Crippen molar-refractivity contribution < 1.29 is 0 Å². The number of benzene rings is 1. The lowest BCUT2D eigenvalue weighted by Gasteiger charge is -2.29. The summed E-state index contributed by atoms with van der Waals surface area (Å²) in [4.78, 5) is 18.7. The summed E-state index contributed by atoms with van der Waals surface area (Å²) in [5.41, 5.74) is 4.98. The third-order valence-corrected chi connectivity index (χ3v) is 8.09. The van der Waals surface area contributed by atoms with Crippen LogP contribution in [0.2, 0.25) is 0 Å². The van der Waals surface area contributed by atoms with Crippen molar-refractivity contribution in [3.63, 3.8) is 0 Å². The summed E-state index contributed by atoms with van der Waals surface area (Å²) in [6.07, 6.45) is 13.2. The highest BCUT2D eigenvalue weighted by Crippen LogP contribution is 2.37. The van der Waals surface area contributed by atoms with E-state index in [1.165, 1.54) is 25.7 Å². The SMILES string of the molecule is CCCCc1cn(C2CCCCCC2C(C)C)c(=O)n1Cc1ccc(-c2ccccc2-c2nn[nH]n2)cn1. The average Bonchev–Trinajstić information content (AvgIpc) is 3.49. The van der Waals surface area contributed by atoms with Gasteiger partial charge in [-0.25, -0.2) is 4.79 Å². The van der Waals surface area contributed by atoms with E-state index in [0.717, 1.165) is 53.8 Å². The second-order valence-electron chi connectivity index (χ2n) is 10.9. The van der Waals surface area contributed by atoms with Crippen molar-refractivity contribution in [3.8, 4) is 22.5 Å². The molecular weight excluding hydrogens is 474 g/mol. The van der Waals surface area contributed by atoms with E-state index in [2.05, 4.69) is 58.2 Å². The lowest BCUT2D eigenvalue weighted by molar-refractivity contribution is 0.234. The first-order chi connectivity index (χ1) is 18.6. The van der Waals surface area contributed by atoms with E-state index in [4.69, 9.17) is 4.98 Å². The molecule has 1 fully saturated rings. The predicted octanol–water partition coefficient (Wildman–Crippen LogP) is 6.06. The van der Waals surface area contributed by atoms with Gasteiger partial charge in [0.1, 0.15) is 0 Å². The van der Waals surface area contributed by atoms with Crippen molar-refractivity contribution in [1.29, 1.82) is 0 Å². The molecule has 38 heavy (non-hydrogen) atoms. The molecule has 0 radical (unpaired) electrons.